The van der Waals surface area contributed by atoms with E-state index in [0.717, 1.165) is 0 Å². The number of furan rings is 1. The number of hydrogen-bond acceptors (Lipinski definition) is 7. The van der Waals surface area contributed by atoms with Gasteiger partial charge in [0.1, 0.15) is 30.4 Å². The molecule has 0 saturated carbocycles. The van der Waals surface area contributed by atoms with Crippen LogP contribution in [0.25, 0.3) is 0 Å². The maximum Gasteiger partial charge on any atom is 0.246 e. The van der Waals surface area contributed by atoms with Gasteiger partial charge in [-0.15, -0.1) is 0 Å². The number of carbonyl (C=O) groups is 1. The third kappa shape index (κ3) is 4.34. The quantitative estimate of drug-likeness (QED) is 0.575. The summed E-state index contributed by atoms with van der Waals surface area (Å²) in [6, 6.07) is 8.54. The number of rotatable bonds is 7. The monoisotopic (exact) mass is 460 g/mol. The maximum absolute atomic E-state index is 13.1. The molecule has 1 aliphatic heterocycles. The predicted molar refractivity (Wildman–Crippen MR) is 115 cm³/mol. The Balaban J connectivity index is 1.49. The summed E-state index contributed by atoms with van der Waals surface area (Å²) in [6.45, 7) is 4.11. The van der Waals surface area contributed by atoms with E-state index in [-0.39, 0.29) is 23.9 Å². The van der Waals surface area contributed by atoms with Gasteiger partial charge in [-0.2, -0.15) is 9.40 Å². The summed E-state index contributed by atoms with van der Waals surface area (Å²) in [5, 5.41) is 7.07. The molecule has 1 aromatic carbocycles. The number of benzene rings is 1. The lowest BCUT2D eigenvalue weighted by atomic mass is 10.2. The van der Waals surface area contributed by atoms with E-state index in [0.29, 0.717) is 47.5 Å². The molecule has 11 heteroatoms. The zero-order valence-corrected chi connectivity index (χ0v) is 18.8. The highest BCUT2D eigenvalue weighted by atomic mass is 32.2. The van der Waals surface area contributed by atoms with Crippen LogP contribution in [0.4, 0.5) is 5.69 Å². The Morgan fingerprint density at radius 2 is 1.94 bits per heavy atom. The van der Waals surface area contributed by atoms with E-state index in [2.05, 4.69) is 10.4 Å². The topological polar surface area (TPSA) is 116 Å². The Labute approximate surface area is 185 Å². The Kier molecular flexibility index (Phi) is 5.94. The molecule has 3 heterocycles. The van der Waals surface area contributed by atoms with Crippen molar-refractivity contribution in [1.82, 2.24) is 14.1 Å². The van der Waals surface area contributed by atoms with Crippen LogP contribution in [0.2, 0.25) is 0 Å². The lowest BCUT2D eigenvalue weighted by Gasteiger charge is -2.19. The molecule has 1 amide bonds. The van der Waals surface area contributed by atoms with E-state index in [1.165, 1.54) is 22.3 Å². The van der Waals surface area contributed by atoms with Gasteiger partial charge in [0.15, 0.2) is 11.5 Å². The van der Waals surface area contributed by atoms with Gasteiger partial charge in [-0.1, -0.05) is 0 Å². The van der Waals surface area contributed by atoms with Gasteiger partial charge in [0, 0.05) is 18.8 Å². The van der Waals surface area contributed by atoms with Crippen molar-refractivity contribution in [3.8, 4) is 11.5 Å². The first kappa shape index (κ1) is 21.9. The number of hydrogen-bond donors (Lipinski definition) is 1. The normalized spacial score (nSPS) is 13.4. The van der Waals surface area contributed by atoms with Crippen LogP contribution in [0, 0.1) is 13.8 Å². The first-order chi connectivity index (χ1) is 15.3. The van der Waals surface area contributed by atoms with Crippen molar-refractivity contribution in [3.05, 3.63) is 53.7 Å². The molecule has 170 valence electrons. The van der Waals surface area contributed by atoms with E-state index in [9.17, 15) is 13.2 Å². The van der Waals surface area contributed by atoms with Crippen LogP contribution in [-0.4, -0.2) is 48.7 Å². The number of anilines is 1. The van der Waals surface area contributed by atoms with Gasteiger partial charge in [0.05, 0.1) is 24.2 Å². The first-order valence-electron chi connectivity index (χ1n) is 9.98. The van der Waals surface area contributed by atoms with Crippen LogP contribution in [0.15, 0.2) is 45.9 Å². The van der Waals surface area contributed by atoms with Gasteiger partial charge in [-0.05, 0) is 38.1 Å². The third-order valence-electron chi connectivity index (χ3n) is 5.06. The average Bonchev–Trinajstić information content (AvgIpc) is 3.35. The summed E-state index contributed by atoms with van der Waals surface area (Å²) in [5.74, 6) is 1.37. The summed E-state index contributed by atoms with van der Waals surface area (Å²) in [5.41, 5.74) is 1.25. The first-order valence-corrected chi connectivity index (χ1v) is 11.4. The molecule has 0 saturated heterocycles. The van der Waals surface area contributed by atoms with Crippen molar-refractivity contribution in [2.45, 2.75) is 31.8 Å². The molecule has 2 aromatic heterocycles. The smallest absolute Gasteiger partial charge is 0.246 e. The Morgan fingerprint density at radius 1 is 1.19 bits per heavy atom. The van der Waals surface area contributed by atoms with Gasteiger partial charge in [-0.25, -0.2) is 8.42 Å². The Morgan fingerprint density at radius 3 is 2.66 bits per heavy atom. The molecule has 0 atom stereocenters. The molecule has 1 aliphatic rings. The van der Waals surface area contributed by atoms with E-state index in [1.54, 1.807) is 44.2 Å². The molecule has 0 aliphatic carbocycles. The molecule has 4 rings (SSSR count). The second kappa shape index (κ2) is 8.67. The molecule has 0 bridgehead atoms. The average molecular weight is 461 g/mol. The lowest BCUT2D eigenvalue weighted by molar-refractivity contribution is -0.116. The summed E-state index contributed by atoms with van der Waals surface area (Å²) in [6.07, 6.45) is 1.49. The van der Waals surface area contributed by atoms with Crippen molar-refractivity contribution >= 4 is 21.6 Å². The minimum Gasteiger partial charge on any atom is -0.486 e. The predicted octanol–water partition coefficient (Wildman–Crippen LogP) is 2.32. The third-order valence-corrected chi connectivity index (χ3v) is 7.12. The number of sulfonamides is 1. The van der Waals surface area contributed by atoms with Gasteiger partial charge in [-0.3, -0.25) is 9.48 Å². The van der Waals surface area contributed by atoms with E-state index in [4.69, 9.17) is 13.9 Å². The number of aryl methyl sites for hydroxylation is 1. The van der Waals surface area contributed by atoms with Crippen molar-refractivity contribution < 1.29 is 27.1 Å². The van der Waals surface area contributed by atoms with Crippen LogP contribution in [0.5, 0.6) is 11.5 Å². The van der Waals surface area contributed by atoms with Crippen LogP contribution in [0.1, 0.15) is 17.1 Å². The van der Waals surface area contributed by atoms with Gasteiger partial charge < -0.3 is 19.2 Å². The second-order valence-electron chi connectivity index (χ2n) is 7.40. The van der Waals surface area contributed by atoms with Gasteiger partial charge >= 0.3 is 0 Å². The van der Waals surface area contributed by atoms with E-state index < -0.39 is 10.0 Å². The van der Waals surface area contributed by atoms with Gasteiger partial charge in [0.25, 0.3) is 0 Å². The zero-order chi connectivity index (χ0) is 22.9. The molecule has 1 N–H and O–H groups in total. The Bertz CT molecular complexity index is 1230. The molecule has 0 radical (unpaired) electrons. The minimum atomic E-state index is -3.83. The standard InChI is InChI=1S/C21H24N4O6S/c1-14-21(32(27,28)24(3)12-17-5-4-8-29-17)15(2)25(23-14)13-20(26)22-16-6-7-18-19(11-16)31-10-9-30-18/h4-8,11H,9-10,12-13H2,1-3H3,(H,22,26). The van der Waals surface area contributed by atoms with Crippen molar-refractivity contribution in [2.24, 2.45) is 0 Å². The summed E-state index contributed by atoms with van der Waals surface area (Å²) in [7, 11) is -2.36. The van der Waals surface area contributed by atoms with Crippen molar-refractivity contribution in [3.63, 3.8) is 0 Å². The highest BCUT2D eigenvalue weighted by Crippen LogP contribution is 2.32. The molecule has 0 unspecified atom stereocenters. The number of ether oxygens (including phenoxy) is 2. The molecule has 0 fully saturated rings. The number of nitrogens with zero attached hydrogens (tertiary/aromatic N) is 3. The fourth-order valence-corrected chi connectivity index (χ4v) is 5.03. The summed E-state index contributed by atoms with van der Waals surface area (Å²) >= 11 is 0. The highest BCUT2D eigenvalue weighted by Gasteiger charge is 2.29. The molecular weight excluding hydrogens is 436 g/mol. The van der Waals surface area contributed by atoms with Crippen LogP contribution >= 0.6 is 0 Å². The molecule has 10 nitrogen and oxygen atoms in total. The number of carbonyl (C=O) groups excluding carboxylic acids is 1. The van der Waals surface area contributed by atoms with Crippen LogP contribution in [0.3, 0.4) is 0 Å². The van der Waals surface area contributed by atoms with Gasteiger partial charge in [0.2, 0.25) is 15.9 Å². The fraction of sp³-hybridized carbons (Fsp3) is 0.333. The zero-order valence-electron chi connectivity index (χ0n) is 18.0. The van der Waals surface area contributed by atoms with Crippen LogP contribution in [-0.2, 0) is 27.9 Å². The lowest BCUT2D eigenvalue weighted by Crippen LogP contribution is -2.27. The Hall–Kier alpha value is -3.31. The van der Waals surface area contributed by atoms with Crippen LogP contribution < -0.4 is 14.8 Å². The molecule has 32 heavy (non-hydrogen) atoms. The highest BCUT2D eigenvalue weighted by molar-refractivity contribution is 7.89. The molecular formula is C21H24N4O6S. The van der Waals surface area contributed by atoms with Crippen molar-refractivity contribution in [2.75, 3.05) is 25.6 Å². The molecule has 0 spiro atoms. The number of nitrogens with one attached hydrogen (secondary N) is 1. The van der Waals surface area contributed by atoms with E-state index >= 15 is 0 Å². The SMILES string of the molecule is Cc1nn(CC(=O)Nc2ccc3c(c2)OCCO3)c(C)c1S(=O)(=O)N(C)Cc1ccco1. The maximum atomic E-state index is 13.1. The largest absolute Gasteiger partial charge is 0.486 e. The number of aromatic nitrogens is 2. The number of fused-ring (bicyclic) bond motifs is 1. The van der Waals surface area contributed by atoms with E-state index in [1.807, 2.05) is 0 Å². The fourth-order valence-electron chi connectivity index (χ4n) is 3.53. The molecule has 3 aromatic rings. The summed E-state index contributed by atoms with van der Waals surface area (Å²) in [4.78, 5) is 12.7. The van der Waals surface area contributed by atoms with Crippen molar-refractivity contribution in [1.29, 1.82) is 0 Å². The number of amides is 1. The minimum absolute atomic E-state index is 0.0821. The summed E-state index contributed by atoms with van der Waals surface area (Å²) < 4.78 is 45.1. The second-order valence-corrected chi connectivity index (χ2v) is 9.39.